The van der Waals surface area contributed by atoms with Gasteiger partial charge in [0.1, 0.15) is 5.75 Å². The Bertz CT molecular complexity index is 748. The minimum absolute atomic E-state index is 0.133. The van der Waals surface area contributed by atoms with Crippen molar-refractivity contribution in [3.8, 4) is 11.4 Å². The summed E-state index contributed by atoms with van der Waals surface area (Å²) in [6, 6.07) is 17.5. The van der Waals surface area contributed by atoms with E-state index < -0.39 is 0 Å². The Morgan fingerprint density at radius 1 is 1.13 bits per heavy atom. The summed E-state index contributed by atoms with van der Waals surface area (Å²) in [5, 5.41) is 12.4. The Hall–Kier alpha value is -2.05. The van der Waals surface area contributed by atoms with Crippen LogP contribution in [0.4, 0.5) is 0 Å². The topological polar surface area (TPSA) is 52.8 Å². The van der Waals surface area contributed by atoms with Crippen LogP contribution in [0.25, 0.3) is 5.69 Å². The molecule has 0 saturated carbocycles. The van der Waals surface area contributed by atoms with Crippen molar-refractivity contribution in [1.29, 1.82) is 0 Å². The van der Waals surface area contributed by atoms with Gasteiger partial charge in [-0.3, -0.25) is 0 Å². The molecule has 0 saturated heterocycles. The molecule has 0 aliphatic carbocycles. The lowest BCUT2D eigenvalue weighted by Crippen LogP contribution is -2.00. The van der Waals surface area contributed by atoms with E-state index in [-0.39, 0.29) is 5.38 Å². The molecule has 23 heavy (non-hydrogen) atoms. The average Bonchev–Trinajstić information content (AvgIpc) is 3.09. The second-order valence-electron chi connectivity index (χ2n) is 4.76. The van der Waals surface area contributed by atoms with E-state index >= 15 is 0 Å². The number of halogens is 1. The second kappa shape index (κ2) is 7.48. The highest BCUT2D eigenvalue weighted by atomic mass is 35.5. The Kier molecular flexibility index (Phi) is 5.15. The first-order valence-electron chi connectivity index (χ1n) is 7.02. The SMILES string of the molecule is COc1ccc(C(Cl)CSc2nnnn2-c2ccccc2)cc1. The molecule has 3 aromatic rings. The molecule has 0 aliphatic heterocycles. The molecule has 118 valence electrons. The van der Waals surface area contributed by atoms with Crippen LogP contribution >= 0.6 is 23.4 Å². The van der Waals surface area contributed by atoms with E-state index in [9.17, 15) is 0 Å². The lowest BCUT2D eigenvalue weighted by molar-refractivity contribution is 0.414. The lowest BCUT2D eigenvalue weighted by atomic mass is 10.1. The van der Waals surface area contributed by atoms with Crippen molar-refractivity contribution in [2.75, 3.05) is 12.9 Å². The summed E-state index contributed by atoms with van der Waals surface area (Å²) in [7, 11) is 1.65. The summed E-state index contributed by atoms with van der Waals surface area (Å²) in [4.78, 5) is 0. The van der Waals surface area contributed by atoms with E-state index in [4.69, 9.17) is 16.3 Å². The number of ether oxygens (including phenoxy) is 1. The Morgan fingerprint density at radius 3 is 2.57 bits per heavy atom. The van der Waals surface area contributed by atoms with Crippen LogP contribution in [0.3, 0.4) is 0 Å². The van der Waals surface area contributed by atoms with Gasteiger partial charge in [0.25, 0.3) is 0 Å². The van der Waals surface area contributed by atoms with Crippen LogP contribution in [0.15, 0.2) is 59.8 Å². The molecular formula is C16H15ClN4OS. The smallest absolute Gasteiger partial charge is 0.214 e. The van der Waals surface area contributed by atoms with Gasteiger partial charge in [-0.25, -0.2) is 0 Å². The summed E-state index contributed by atoms with van der Waals surface area (Å²) in [6.07, 6.45) is 0. The molecule has 1 heterocycles. The molecule has 0 amide bonds. The van der Waals surface area contributed by atoms with Crippen molar-refractivity contribution >= 4 is 23.4 Å². The van der Waals surface area contributed by atoms with E-state index in [0.29, 0.717) is 5.75 Å². The number of alkyl halides is 1. The molecule has 1 atom stereocenters. The fourth-order valence-corrected chi connectivity index (χ4v) is 3.24. The van der Waals surface area contributed by atoms with Gasteiger partial charge in [0.15, 0.2) is 0 Å². The van der Waals surface area contributed by atoms with E-state index in [0.717, 1.165) is 22.2 Å². The van der Waals surface area contributed by atoms with Gasteiger partial charge in [-0.2, -0.15) is 4.68 Å². The molecular weight excluding hydrogens is 332 g/mol. The fourth-order valence-electron chi connectivity index (χ4n) is 2.06. The van der Waals surface area contributed by atoms with Crippen LogP contribution in [-0.4, -0.2) is 33.1 Å². The third-order valence-electron chi connectivity index (χ3n) is 3.28. The fraction of sp³-hybridized carbons (Fsp3) is 0.188. The van der Waals surface area contributed by atoms with Gasteiger partial charge in [0, 0.05) is 5.75 Å². The van der Waals surface area contributed by atoms with Crippen LogP contribution in [-0.2, 0) is 0 Å². The molecule has 7 heteroatoms. The zero-order valence-corrected chi connectivity index (χ0v) is 14.0. The highest BCUT2D eigenvalue weighted by Crippen LogP contribution is 2.29. The third kappa shape index (κ3) is 3.83. The van der Waals surface area contributed by atoms with Crippen molar-refractivity contribution in [1.82, 2.24) is 20.2 Å². The molecule has 2 aromatic carbocycles. The molecule has 0 fully saturated rings. The highest BCUT2D eigenvalue weighted by Gasteiger charge is 2.13. The number of aromatic nitrogens is 4. The van der Waals surface area contributed by atoms with Crippen LogP contribution in [0.2, 0.25) is 0 Å². The maximum Gasteiger partial charge on any atom is 0.214 e. The van der Waals surface area contributed by atoms with Gasteiger partial charge in [-0.15, -0.1) is 16.7 Å². The standard InChI is InChI=1S/C16H15ClN4OS/c1-22-14-9-7-12(8-10-14)15(17)11-23-16-18-19-20-21(16)13-5-3-2-4-6-13/h2-10,15H,11H2,1H3. The van der Waals surface area contributed by atoms with E-state index in [1.165, 1.54) is 11.8 Å². The summed E-state index contributed by atoms with van der Waals surface area (Å²) >= 11 is 8.00. The van der Waals surface area contributed by atoms with Crippen molar-refractivity contribution in [2.45, 2.75) is 10.5 Å². The first-order chi connectivity index (χ1) is 11.3. The number of methoxy groups -OCH3 is 1. The number of tetrazole rings is 1. The largest absolute Gasteiger partial charge is 0.497 e. The minimum atomic E-state index is -0.133. The molecule has 0 N–H and O–H groups in total. The van der Waals surface area contributed by atoms with Gasteiger partial charge in [-0.05, 0) is 40.3 Å². The van der Waals surface area contributed by atoms with Gasteiger partial charge in [-0.1, -0.05) is 42.1 Å². The van der Waals surface area contributed by atoms with Crippen molar-refractivity contribution in [3.05, 3.63) is 60.2 Å². The minimum Gasteiger partial charge on any atom is -0.497 e. The zero-order valence-electron chi connectivity index (χ0n) is 12.5. The number of hydrogen-bond donors (Lipinski definition) is 0. The monoisotopic (exact) mass is 346 g/mol. The molecule has 0 radical (unpaired) electrons. The third-order valence-corrected chi connectivity index (χ3v) is 4.88. The first-order valence-corrected chi connectivity index (χ1v) is 8.45. The number of thioether (sulfide) groups is 1. The van der Waals surface area contributed by atoms with Crippen LogP contribution in [0.1, 0.15) is 10.9 Å². The number of benzene rings is 2. The van der Waals surface area contributed by atoms with Crippen molar-refractivity contribution in [3.63, 3.8) is 0 Å². The van der Waals surface area contributed by atoms with E-state index in [2.05, 4.69) is 15.5 Å². The predicted molar refractivity (Wildman–Crippen MR) is 91.5 cm³/mol. The summed E-state index contributed by atoms with van der Waals surface area (Å²) in [5.41, 5.74) is 1.97. The van der Waals surface area contributed by atoms with Crippen LogP contribution in [0.5, 0.6) is 5.75 Å². The highest BCUT2D eigenvalue weighted by molar-refractivity contribution is 7.99. The van der Waals surface area contributed by atoms with Gasteiger partial charge < -0.3 is 4.74 Å². The molecule has 0 aliphatic rings. The number of nitrogens with zero attached hydrogens (tertiary/aromatic N) is 4. The molecule has 1 aromatic heterocycles. The molecule has 0 bridgehead atoms. The average molecular weight is 347 g/mol. The molecule has 3 rings (SSSR count). The van der Waals surface area contributed by atoms with Crippen molar-refractivity contribution < 1.29 is 4.74 Å². The maximum atomic E-state index is 6.48. The first kappa shape index (κ1) is 15.8. The van der Waals surface area contributed by atoms with Gasteiger partial charge in [0.2, 0.25) is 5.16 Å². The number of para-hydroxylation sites is 1. The molecule has 0 spiro atoms. The van der Waals surface area contributed by atoms with Crippen molar-refractivity contribution in [2.24, 2.45) is 0 Å². The van der Waals surface area contributed by atoms with Gasteiger partial charge >= 0.3 is 0 Å². The zero-order chi connectivity index (χ0) is 16.1. The molecule has 1 unspecified atom stereocenters. The summed E-state index contributed by atoms with van der Waals surface area (Å²) < 4.78 is 6.86. The quantitative estimate of drug-likeness (QED) is 0.502. The number of hydrogen-bond acceptors (Lipinski definition) is 5. The second-order valence-corrected chi connectivity index (χ2v) is 6.27. The normalized spacial score (nSPS) is 12.1. The number of rotatable bonds is 6. The maximum absolute atomic E-state index is 6.48. The lowest BCUT2D eigenvalue weighted by Gasteiger charge is -2.10. The Morgan fingerprint density at radius 2 is 1.87 bits per heavy atom. The summed E-state index contributed by atoms with van der Waals surface area (Å²) in [6.45, 7) is 0. The predicted octanol–water partition coefficient (Wildman–Crippen LogP) is 3.74. The molecule has 5 nitrogen and oxygen atoms in total. The summed E-state index contributed by atoms with van der Waals surface area (Å²) in [5.74, 6) is 1.49. The van der Waals surface area contributed by atoms with E-state index in [1.54, 1.807) is 11.8 Å². The van der Waals surface area contributed by atoms with Gasteiger partial charge in [0.05, 0.1) is 18.2 Å². The van der Waals surface area contributed by atoms with Crippen LogP contribution < -0.4 is 4.74 Å². The Balaban J connectivity index is 1.68. The Labute approximate surface area is 143 Å². The van der Waals surface area contributed by atoms with Crippen LogP contribution in [0, 0.1) is 0 Å². The van der Waals surface area contributed by atoms with E-state index in [1.807, 2.05) is 54.6 Å².